The van der Waals surface area contributed by atoms with Crippen LogP contribution in [0.1, 0.15) is 164 Å². The van der Waals surface area contributed by atoms with Gasteiger partial charge in [0.1, 0.15) is 12.1 Å². The first kappa shape index (κ1) is 32.8. The van der Waals surface area contributed by atoms with Crippen molar-refractivity contribution in [3.63, 3.8) is 0 Å². The van der Waals surface area contributed by atoms with Gasteiger partial charge in [-0.25, -0.2) is 0 Å². The van der Waals surface area contributed by atoms with Crippen LogP contribution in [0.2, 0.25) is 0 Å². The number of hydrogen-bond acceptors (Lipinski definition) is 2. The minimum Gasteiger partial charge on any atom is -0.303 e. The first-order chi connectivity index (χ1) is 18.6. The zero-order valence-electron chi connectivity index (χ0n) is 27.0. The Balaban J connectivity index is 1.43. The van der Waals surface area contributed by atoms with E-state index in [-0.39, 0.29) is 17.3 Å². The second kappa shape index (κ2) is 16.1. The first-order valence-corrected chi connectivity index (χ1v) is 17.6. The molecule has 226 valence electrons. The van der Waals surface area contributed by atoms with Crippen molar-refractivity contribution < 1.29 is 9.59 Å². The van der Waals surface area contributed by atoms with Gasteiger partial charge in [-0.3, -0.25) is 4.79 Å². The third-order valence-electron chi connectivity index (χ3n) is 11.5. The largest absolute Gasteiger partial charge is 0.303 e. The van der Waals surface area contributed by atoms with Crippen molar-refractivity contribution in [3.8, 4) is 0 Å². The molecule has 0 spiro atoms. The van der Waals surface area contributed by atoms with E-state index in [1.165, 1.54) is 103 Å². The number of fused-ring (bicyclic) bond motifs is 2. The first-order valence-electron chi connectivity index (χ1n) is 17.6. The molecular weight excluding hydrogens is 476 g/mol. The van der Waals surface area contributed by atoms with Gasteiger partial charge in [-0.1, -0.05) is 125 Å². The third-order valence-corrected chi connectivity index (χ3v) is 11.5. The van der Waals surface area contributed by atoms with Gasteiger partial charge < -0.3 is 4.79 Å². The molecule has 39 heavy (non-hydrogen) atoms. The van der Waals surface area contributed by atoms with Crippen LogP contribution in [0.5, 0.6) is 0 Å². The Morgan fingerprint density at radius 2 is 1.23 bits per heavy atom. The number of carbonyl (C=O) groups excluding carboxylic acids is 2. The van der Waals surface area contributed by atoms with Crippen LogP contribution in [-0.2, 0) is 9.59 Å². The molecule has 3 rings (SSSR count). The van der Waals surface area contributed by atoms with Gasteiger partial charge >= 0.3 is 0 Å². The van der Waals surface area contributed by atoms with Crippen LogP contribution in [0.25, 0.3) is 0 Å². The molecule has 3 saturated carbocycles. The van der Waals surface area contributed by atoms with Crippen molar-refractivity contribution in [1.29, 1.82) is 0 Å². The van der Waals surface area contributed by atoms with Crippen molar-refractivity contribution in [2.45, 2.75) is 164 Å². The number of carbonyl (C=O) groups is 2. The summed E-state index contributed by atoms with van der Waals surface area (Å²) in [7, 11) is 0. The fraction of sp³-hybridized carbons (Fsp3) is 0.946. The molecule has 0 bridgehead atoms. The van der Waals surface area contributed by atoms with Crippen molar-refractivity contribution in [2.24, 2.45) is 58.7 Å². The molecule has 0 aliphatic heterocycles. The van der Waals surface area contributed by atoms with E-state index in [2.05, 4.69) is 41.5 Å². The monoisotopic (exact) mass is 543 g/mol. The van der Waals surface area contributed by atoms with Gasteiger partial charge in [-0.15, -0.1) is 0 Å². The summed E-state index contributed by atoms with van der Waals surface area (Å²) in [5.74, 6) is 5.96. The van der Waals surface area contributed by atoms with Crippen LogP contribution >= 0.6 is 0 Å². The molecule has 8 unspecified atom stereocenters. The van der Waals surface area contributed by atoms with Crippen LogP contribution in [0.15, 0.2) is 0 Å². The average molecular weight is 543 g/mol. The van der Waals surface area contributed by atoms with E-state index >= 15 is 0 Å². The van der Waals surface area contributed by atoms with Crippen LogP contribution in [0.4, 0.5) is 0 Å². The van der Waals surface area contributed by atoms with Gasteiger partial charge in [0.15, 0.2) is 0 Å². The minimum atomic E-state index is -0.331. The highest BCUT2D eigenvalue weighted by Gasteiger charge is 2.55. The summed E-state index contributed by atoms with van der Waals surface area (Å²) in [6, 6.07) is 0. The summed E-state index contributed by atoms with van der Waals surface area (Å²) in [6.07, 6.45) is 25.1. The van der Waals surface area contributed by atoms with Crippen molar-refractivity contribution in [3.05, 3.63) is 0 Å². The maximum atomic E-state index is 13.9. The molecule has 2 heteroatoms. The highest BCUT2D eigenvalue weighted by atomic mass is 16.1. The smallest absolute Gasteiger partial charge is 0.140 e. The summed E-state index contributed by atoms with van der Waals surface area (Å²) in [5.41, 5.74) is -0.331. The summed E-state index contributed by atoms with van der Waals surface area (Å²) >= 11 is 0. The van der Waals surface area contributed by atoms with E-state index < -0.39 is 0 Å². The van der Waals surface area contributed by atoms with Crippen LogP contribution in [0.3, 0.4) is 0 Å². The molecule has 0 aromatic rings. The van der Waals surface area contributed by atoms with Gasteiger partial charge in [-0.2, -0.15) is 0 Å². The SMILES string of the molecule is CC(C)CCCC(C)CCCC1CCC2CC3(C=O)CC(CCCC(C)CCCC(C)C)CCC3C(=O)C2C1. The van der Waals surface area contributed by atoms with E-state index in [4.69, 9.17) is 0 Å². The van der Waals surface area contributed by atoms with E-state index in [9.17, 15) is 9.59 Å². The number of rotatable bonds is 17. The minimum absolute atomic E-state index is 0.0298. The van der Waals surface area contributed by atoms with Gasteiger partial charge in [-0.05, 0) is 80.0 Å². The molecule has 0 N–H and O–H groups in total. The van der Waals surface area contributed by atoms with Gasteiger partial charge in [0.25, 0.3) is 0 Å². The summed E-state index contributed by atoms with van der Waals surface area (Å²) in [4.78, 5) is 26.5. The van der Waals surface area contributed by atoms with Gasteiger partial charge in [0.05, 0.1) is 0 Å². The molecule has 0 aromatic carbocycles. The van der Waals surface area contributed by atoms with Crippen molar-refractivity contribution in [1.82, 2.24) is 0 Å². The number of hydrogen-bond donors (Lipinski definition) is 0. The van der Waals surface area contributed by atoms with E-state index in [1.54, 1.807) is 0 Å². The van der Waals surface area contributed by atoms with Crippen LogP contribution in [0, 0.1) is 58.7 Å². The fourth-order valence-corrected chi connectivity index (χ4v) is 9.02. The normalized spacial score (nSPS) is 32.6. The van der Waals surface area contributed by atoms with Crippen molar-refractivity contribution in [2.75, 3.05) is 0 Å². The Bertz CT molecular complexity index is 725. The second-order valence-electron chi connectivity index (χ2n) is 15.9. The Morgan fingerprint density at radius 3 is 1.79 bits per heavy atom. The van der Waals surface area contributed by atoms with Crippen LogP contribution in [-0.4, -0.2) is 12.1 Å². The number of Topliss-reactive ketones (excluding diaryl/α,β-unsaturated/α-hetero) is 1. The molecule has 3 aliphatic rings. The molecule has 0 amide bonds. The lowest BCUT2D eigenvalue weighted by Gasteiger charge is -2.52. The molecule has 2 nitrogen and oxygen atoms in total. The maximum Gasteiger partial charge on any atom is 0.140 e. The molecule has 3 aliphatic carbocycles. The third kappa shape index (κ3) is 9.99. The Kier molecular flexibility index (Phi) is 13.6. The zero-order chi connectivity index (χ0) is 28.4. The Morgan fingerprint density at radius 1 is 0.692 bits per heavy atom. The predicted octanol–water partition coefficient (Wildman–Crippen LogP) is 10.9. The lowest BCUT2D eigenvalue weighted by molar-refractivity contribution is -0.153. The standard InChI is InChI=1S/C37H66O2/c1-27(2)11-7-13-29(5)15-9-17-31-19-21-33-25-37(26-38)24-32(20-22-35(37)36(39)34(33)23-31)18-10-16-30(6)14-8-12-28(3)4/h26-35H,7-25H2,1-6H3. The molecule has 3 fully saturated rings. The summed E-state index contributed by atoms with van der Waals surface area (Å²) < 4.78 is 0. The van der Waals surface area contributed by atoms with Crippen molar-refractivity contribution >= 4 is 12.1 Å². The number of aldehydes is 1. The lowest BCUT2D eigenvalue weighted by Crippen LogP contribution is -2.53. The summed E-state index contributed by atoms with van der Waals surface area (Å²) in [6.45, 7) is 14.2. The summed E-state index contributed by atoms with van der Waals surface area (Å²) in [5, 5.41) is 0. The van der Waals surface area contributed by atoms with Gasteiger partial charge in [0.2, 0.25) is 0 Å². The number of ketones is 1. The average Bonchev–Trinajstić information content (AvgIpc) is 2.88. The highest BCUT2D eigenvalue weighted by Crippen LogP contribution is 2.57. The quantitative estimate of drug-likeness (QED) is 0.171. The molecular formula is C37H66O2. The van der Waals surface area contributed by atoms with E-state index in [0.29, 0.717) is 17.6 Å². The Labute approximate surface area is 243 Å². The maximum absolute atomic E-state index is 13.9. The van der Waals surface area contributed by atoms with Crippen LogP contribution < -0.4 is 0 Å². The lowest BCUT2D eigenvalue weighted by atomic mass is 9.50. The zero-order valence-corrected chi connectivity index (χ0v) is 27.0. The molecule has 0 aromatic heterocycles. The second-order valence-corrected chi connectivity index (χ2v) is 15.9. The van der Waals surface area contributed by atoms with E-state index in [0.717, 1.165) is 55.3 Å². The van der Waals surface area contributed by atoms with Gasteiger partial charge in [0, 0.05) is 17.3 Å². The topological polar surface area (TPSA) is 34.1 Å². The highest BCUT2D eigenvalue weighted by molar-refractivity contribution is 5.89. The van der Waals surface area contributed by atoms with E-state index in [1.807, 2.05) is 0 Å². The molecule has 0 saturated heterocycles. The molecule has 0 radical (unpaired) electrons. The predicted molar refractivity (Wildman–Crippen MR) is 167 cm³/mol. The molecule has 8 atom stereocenters. The fourth-order valence-electron chi connectivity index (χ4n) is 9.02. The Hall–Kier alpha value is -0.660. The molecule has 0 heterocycles.